The second-order valence-corrected chi connectivity index (χ2v) is 6.10. The molecule has 0 saturated carbocycles. The van der Waals surface area contributed by atoms with Gasteiger partial charge in [-0.2, -0.15) is 0 Å². The molecule has 0 saturated heterocycles. The predicted octanol–water partition coefficient (Wildman–Crippen LogP) is 1.51. The van der Waals surface area contributed by atoms with Crippen molar-refractivity contribution in [3.05, 3.63) is 45.1 Å². The van der Waals surface area contributed by atoms with Gasteiger partial charge in [0.15, 0.2) is 0 Å². The van der Waals surface area contributed by atoms with Crippen LogP contribution in [0.5, 0.6) is 0 Å². The van der Waals surface area contributed by atoms with E-state index in [9.17, 15) is 4.79 Å². The largest absolute Gasteiger partial charge is 0.382 e. The van der Waals surface area contributed by atoms with Gasteiger partial charge in [0.2, 0.25) is 0 Å². The van der Waals surface area contributed by atoms with Gasteiger partial charge in [-0.25, -0.2) is 0 Å². The topological polar surface area (TPSA) is 55.7 Å². The second-order valence-electron chi connectivity index (χ2n) is 6.10. The highest BCUT2D eigenvalue weighted by atomic mass is 16.5. The van der Waals surface area contributed by atoms with Crippen molar-refractivity contribution in [2.75, 3.05) is 27.4 Å². The van der Waals surface area contributed by atoms with Gasteiger partial charge in [-0.3, -0.25) is 4.79 Å². The van der Waals surface area contributed by atoms with Gasteiger partial charge in [0.1, 0.15) is 6.17 Å². The zero-order valence-corrected chi connectivity index (χ0v) is 14.8. The van der Waals surface area contributed by atoms with Gasteiger partial charge in [0, 0.05) is 50.0 Å². The lowest BCUT2D eigenvalue weighted by atomic mass is 10.1. The summed E-state index contributed by atoms with van der Waals surface area (Å²) in [7, 11) is 5.18. The third kappa shape index (κ3) is 3.43. The van der Waals surface area contributed by atoms with Gasteiger partial charge in [-0.15, -0.1) is 0 Å². The van der Waals surface area contributed by atoms with Crippen LogP contribution in [-0.2, 0) is 16.5 Å². The van der Waals surface area contributed by atoms with E-state index in [1.165, 1.54) is 5.70 Å². The molecule has 1 N–H and O–H groups in total. The molecular formula is C17H27N3O3. The summed E-state index contributed by atoms with van der Waals surface area (Å²) in [5.74, 6) is 0. The van der Waals surface area contributed by atoms with Crippen LogP contribution in [0.2, 0.25) is 0 Å². The van der Waals surface area contributed by atoms with Crippen LogP contribution in [0.4, 0.5) is 0 Å². The van der Waals surface area contributed by atoms with Gasteiger partial charge < -0.3 is 24.3 Å². The fourth-order valence-electron chi connectivity index (χ4n) is 3.15. The van der Waals surface area contributed by atoms with Crippen molar-refractivity contribution in [3.63, 3.8) is 0 Å². The fourth-order valence-corrected chi connectivity index (χ4v) is 3.15. The number of hydrogen-bond donors (Lipinski definition) is 1. The lowest BCUT2D eigenvalue weighted by Gasteiger charge is -2.35. The molecule has 1 atom stereocenters. The molecule has 0 radical (unpaired) electrons. The molecule has 0 aliphatic carbocycles. The van der Waals surface area contributed by atoms with Crippen molar-refractivity contribution in [1.29, 1.82) is 0 Å². The Kier molecular flexibility index (Phi) is 5.49. The Bertz CT molecular complexity index is 619. The maximum absolute atomic E-state index is 12.0. The summed E-state index contributed by atoms with van der Waals surface area (Å²) in [6, 6.07) is 2.05. The zero-order chi connectivity index (χ0) is 17.1. The van der Waals surface area contributed by atoms with Crippen molar-refractivity contribution in [3.8, 4) is 0 Å². The SMILES string of the molecule is COCC(COC)N1C(C)=C(C)NC1c1cc(C)c(=O)n(C)c1. The second kappa shape index (κ2) is 7.19. The summed E-state index contributed by atoms with van der Waals surface area (Å²) in [6.45, 7) is 7.14. The van der Waals surface area contributed by atoms with E-state index >= 15 is 0 Å². The maximum atomic E-state index is 12.0. The number of nitrogens with one attached hydrogen (secondary N) is 1. The summed E-state index contributed by atoms with van der Waals surface area (Å²) in [4.78, 5) is 14.2. The Morgan fingerprint density at radius 2 is 1.83 bits per heavy atom. The molecule has 1 aliphatic heterocycles. The van der Waals surface area contributed by atoms with Gasteiger partial charge in [-0.05, 0) is 26.8 Å². The Labute approximate surface area is 137 Å². The molecule has 128 valence electrons. The molecule has 0 spiro atoms. The van der Waals surface area contributed by atoms with Crippen molar-refractivity contribution < 1.29 is 9.47 Å². The molecule has 1 aromatic heterocycles. The molecule has 6 heteroatoms. The summed E-state index contributed by atoms with van der Waals surface area (Å²) in [6.07, 6.45) is 1.86. The minimum absolute atomic E-state index is 0.0317. The Balaban J connectivity index is 2.42. The van der Waals surface area contributed by atoms with E-state index in [-0.39, 0.29) is 17.8 Å². The quantitative estimate of drug-likeness (QED) is 0.861. The van der Waals surface area contributed by atoms with Crippen LogP contribution in [0, 0.1) is 6.92 Å². The van der Waals surface area contributed by atoms with E-state index in [1.54, 1.807) is 25.8 Å². The average molecular weight is 321 g/mol. The van der Waals surface area contributed by atoms with E-state index in [2.05, 4.69) is 24.1 Å². The number of allylic oxidation sites excluding steroid dienone is 2. The van der Waals surface area contributed by atoms with E-state index in [0.717, 1.165) is 16.8 Å². The first-order valence-corrected chi connectivity index (χ1v) is 7.78. The molecule has 0 aromatic carbocycles. The molecule has 1 unspecified atom stereocenters. The minimum Gasteiger partial charge on any atom is -0.382 e. The summed E-state index contributed by atoms with van der Waals surface area (Å²) < 4.78 is 12.4. The number of methoxy groups -OCH3 is 2. The van der Waals surface area contributed by atoms with E-state index in [1.807, 2.05) is 19.2 Å². The fraction of sp³-hybridized carbons (Fsp3) is 0.588. The Morgan fingerprint density at radius 3 is 2.35 bits per heavy atom. The van der Waals surface area contributed by atoms with Crippen LogP contribution >= 0.6 is 0 Å². The smallest absolute Gasteiger partial charge is 0.253 e. The number of rotatable bonds is 6. The summed E-state index contributed by atoms with van der Waals surface area (Å²) in [5.41, 5.74) is 4.12. The van der Waals surface area contributed by atoms with E-state index < -0.39 is 0 Å². The third-order valence-electron chi connectivity index (χ3n) is 4.37. The maximum Gasteiger partial charge on any atom is 0.253 e. The predicted molar refractivity (Wildman–Crippen MR) is 90.0 cm³/mol. The first kappa shape index (κ1) is 17.6. The molecule has 23 heavy (non-hydrogen) atoms. The molecule has 0 bridgehead atoms. The standard InChI is InChI=1S/C17H27N3O3/c1-11-7-14(8-19(4)17(11)21)16-18-12(2)13(3)20(16)15(9-22-5)10-23-6/h7-8,15-16,18H,9-10H2,1-6H3. The number of ether oxygens (including phenoxy) is 2. The van der Waals surface area contributed by atoms with Crippen LogP contribution in [0.15, 0.2) is 28.5 Å². The molecule has 6 nitrogen and oxygen atoms in total. The van der Waals surface area contributed by atoms with Gasteiger partial charge in [0.25, 0.3) is 5.56 Å². The number of aromatic nitrogens is 1. The molecule has 1 aromatic rings. The monoisotopic (exact) mass is 321 g/mol. The van der Waals surface area contributed by atoms with E-state index in [4.69, 9.17) is 9.47 Å². The summed E-state index contributed by atoms with van der Waals surface area (Å²) in [5, 5.41) is 3.52. The Morgan fingerprint density at radius 1 is 1.22 bits per heavy atom. The average Bonchev–Trinajstić information content (AvgIpc) is 2.80. The molecule has 2 heterocycles. The lowest BCUT2D eigenvalue weighted by Crippen LogP contribution is -2.43. The van der Waals surface area contributed by atoms with Crippen LogP contribution in [-0.4, -0.2) is 42.9 Å². The van der Waals surface area contributed by atoms with Crippen molar-refractivity contribution >= 4 is 0 Å². The lowest BCUT2D eigenvalue weighted by molar-refractivity contribution is 0.0352. The van der Waals surface area contributed by atoms with Gasteiger partial charge in [-0.1, -0.05) is 0 Å². The summed E-state index contributed by atoms with van der Waals surface area (Å²) >= 11 is 0. The minimum atomic E-state index is -0.0317. The van der Waals surface area contributed by atoms with Gasteiger partial charge in [0.05, 0.1) is 19.3 Å². The van der Waals surface area contributed by atoms with Crippen LogP contribution < -0.4 is 10.9 Å². The number of nitrogens with zero attached hydrogens (tertiary/aromatic N) is 2. The van der Waals surface area contributed by atoms with E-state index in [0.29, 0.717) is 13.2 Å². The highest BCUT2D eigenvalue weighted by molar-refractivity contribution is 5.28. The Hall–Kier alpha value is -1.79. The van der Waals surface area contributed by atoms with Crippen LogP contribution in [0.25, 0.3) is 0 Å². The van der Waals surface area contributed by atoms with Crippen molar-refractivity contribution in [2.45, 2.75) is 33.0 Å². The highest BCUT2D eigenvalue weighted by Crippen LogP contribution is 2.32. The van der Waals surface area contributed by atoms with Crippen LogP contribution in [0.3, 0.4) is 0 Å². The number of aryl methyl sites for hydroxylation is 2. The molecule has 0 fully saturated rings. The molecule has 0 amide bonds. The van der Waals surface area contributed by atoms with Crippen LogP contribution in [0.1, 0.15) is 31.1 Å². The molecular weight excluding hydrogens is 294 g/mol. The van der Waals surface area contributed by atoms with Crippen molar-refractivity contribution in [2.24, 2.45) is 7.05 Å². The zero-order valence-electron chi connectivity index (χ0n) is 14.8. The molecule has 1 aliphatic rings. The third-order valence-corrected chi connectivity index (χ3v) is 4.37. The van der Waals surface area contributed by atoms with Crippen molar-refractivity contribution in [1.82, 2.24) is 14.8 Å². The number of pyridine rings is 1. The normalized spacial score (nSPS) is 18.0. The van der Waals surface area contributed by atoms with Gasteiger partial charge >= 0.3 is 0 Å². The first-order chi connectivity index (χ1) is 10.9. The first-order valence-electron chi connectivity index (χ1n) is 7.78. The number of hydrogen-bond acceptors (Lipinski definition) is 5. The highest BCUT2D eigenvalue weighted by Gasteiger charge is 2.34. The molecule has 2 rings (SSSR count).